The molecule has 0 fully saturated rings. The van der Waals surface area contributed by atoms with Gasteiger partial charge in [-0.15, -0.1) is 6.42 Å². The Bertz CT molecular complexity index is 328. The predicted octanol–water partition coefficient (Wildman–Crippen LogP) is 2.08. The fraction of sp³-hybridized carbons (Fsp3) is 0.167. The zero-order valence-corrected chi connectivity index (χ0v) is 7.57. The normalized spacial score (nSPS) is 15.2. The predicted molar refractivity (Wildman–Crippen MR) is 54.9 cm³/mol. The number of hydrogen-bond acceptors (Lipinski definition) is 1. The molecule has 0 saturated heterocycles. The maximum Gasteiger partial charge on any atom is 0.141 e. The largest absolute Gasteiger partial charge is 0.374 e. The van der Waals surface area contributed by atoms with Gasteiger partial charge in [0.15, 0.2) is 0 Å². The van der Waals surface area contributed by atoms with Gasteiger partial charge < -0.3 is 5.11 Å². The van der Waals surface area contributed by atoms with E-state index in [1.807, 2.05) is 30.3 Å². The van der Waals surface area contributed by atoms with Crippen LogP contribution in [0, 0.1) is 12.3 Å². The molecular weight excluding hydrogens is 160 g/mol. The molecule has 1 N–H and O–H groups in total. The molecule has 1 rings (SSSR count). The third kappa shape index (κ3) is 3.14. The van der Waals surface area contributed by atoms with Crippen LogP contribution in [-0.4, -0.2) is 10.7 Å². The van der Waals surface area contributed by atoms with Crippen LogP contribution in [0.5, 0.6) is 0 Å². The molecule has 1 atom stereocenters. The molecular formula is C12H12O. The van der Waals surface area contributed by atoms with E-state index in [0.29, 0.717) is 0 Å². The lowest BCUT2D eigenvalue weighted by Crippen LogP contribution is -2.16. The summed E-state index contributed by atoms with van der Waals surface area (Å²) >= 11 is 0. The van der Waals surface area contributed by atoms with E-state index in [-0.39, 0.29) is 0 Å². The van der Waals surface area contributed by atoms with E-state index in [1.165, 1.54) is 0 Å². The molecule has 1 nitrogen and oxygen atoms in total. The Morgan fingerprint density at radius 1 is 1.38 bits per heavy atom. The molecule has 0 aliphatic heterocycles. The molecule has 0 radical (unpaired) electrons. The van der Waals surface area contributed by atoms with Gasteiger partial charge in [0.05, 0.1) is 0 Å². The van der Waals surface area contributed by atoms with Gasteiger partial charge in [0.2, 0.25) is 0 Å². The van der Waals surface area contributed by atoms with Gasteiger partial charge in [-0.05, 0) is 18.6 Å². The van der Waals surface area contributed by atoms with E-state index in [9.17, 15) is 5.11 Å². The second-order valence-corrected chi connectivity index (χ2v) is 3.04. The highest BCUT2D eigenvalue weighted by molar-refractivity contribution is 5.51. The lowest BCUT2D eigenvalue weighted by atomic mass is 10.1. The first-order chi connectivity index (χ1) is 6.14. The summed E-state index contributed by atoms with van der Waals surface area (Å²) in [6.45, 7) is 1.58. The Labute approximate surface area is 78.7 Å². The van der Waals surface area contributed by atoms with Crippen molar-refractivity contribution in [1.29, 1.82) is 0 Å². The van der Waals surface area contributed by atoms with E-state index in [2.05, 4.69) is 5.92 Å². The van der Waals surface area contributed by atoms with Crippen molar-refractivity contribution >= 4 is 6.08 Å². The molecule has 0 bridgehead atoms. The average Bonchev–Trinajstić information content (AvgIpc) is 2.17. The van der Waals surface area contributed by atoms with Crippen LogP contribution < -0.4 is 0 Å². The van der Waals surface area contributed by atoms with Crippen molar-refractivity contribution in [3.05, 3.63) is 42.0 Å². The number of terminal acetylenes is 1. The smallest absolute Gasteiger partial charge is 0.141 e. The maximum absolute atomic E-state index is 9.46. The molecule has 0 spiro atoms. The molecule has 1 unspecified atom stereocenters. The standard InChI is InChI=1S/C12H12O/c1-3-12(2,13)10-9-11-7-5-4-6-8-11/h1,4-10,13H,2H3. The van der Waals surface area contributed by atoms with Crippen molar-refractivity contribution in [2.45, 2.75) is 12.5 Å². The van der Waals surface area contributed by atoms with Crippen LogP contribution in [0.25, 0.3) is 6.08 Å². The first-order valence-corrected chi connectivity index (χ1v) is 4.08. The first-order valence-electron chi connectivity index (χ1n) is 4.08. The van der Waals surface area contributed by atoms with Gasteiger partial charge in [-0.25, -0.2) is 0 Å². The van der Waals surface area contributed by atoms with Gasteiger partial charge in [-0.1, -0.05) is 42.3 Å². The minimum atomic E-state index is -1.16. The van der Waals surface area contributed by atoms with Gasteiger partial charge >= 0.3 is 0 Å². The Morgan fingerprint density at radius 3 is 2.54 bits per heavy atom. The van der Waals surface area contributed by atoms with E-state index in [4.69, 9.17) is 6.42 Å². The highest BCUT2D eigenvalue weighted by atomic mass is 16.3. The molecule has 0 aliphatic carbocycles. The zero-order chi connectivity index (χ0) is 9.73. The second-order valence-electron chi connectivity index (χ2n) is 3.04. The van der Waals surface area contributed by atoms with Gasteiger partial charge in [0, 0.05) is 0 Å². The molecule has 0 heterocycles. The Morgan fingerprint density at radius 2 is 2.00 bits per heavy atom. The third-order valence-corrected chi connectivity index (χ3v) is 1.69. The van der Waals surface area contributed by atoms with Crippen LogP contribution in [0.4, 0.5) is 0 Å². The number of aliphatic hydroxyl groups is 1. The molecule has 1 aromatic rings. The van der Waals surface area contributed by atoms with Crippen molar-refractivity contribution < 1.29 is 5.11 Å². The lowest BCUT2D eigenvalue weighted by molar-refractivity contribution is 0.175. The maximum atomic E-state index is 9.46. The summed E-state index contributed by atoms with van der Waals surface area (Å²) in [5, 5.41) is 9.46. The first kappa shape index (κ1) is 9.57. The summed E-state index contributed by atoms with van der Waals surface area (Å²) in [5.41, 5.74) is -0.131. The van der Waals surface area contributed by atoms with Crippen molar-refractivity contribution in [2.24, 2.45) is 0 Å². The zero-order valence-electron chi connectivity index (χ0n) is 7.57. The molecule has 0 aliphatic rings. The molecule has 13 heavy (non-hydrogen) atoms. The van der Waals surface area contributed by atoms with E-state index in [1.54, 1.807) is 19.1 Å². The van der Waals surface area contributed by atoms with Gasteiger partial charge in [0.25, 0.3) is 0 Å². The quantitative estimate of drug-likeness (QED) is 0.677. The van der Waals surface area contributed by atoms with Crippen LogP contribution in [0.15, 0.2) is 36.4 Å². The van der Waals surface area contributed by atoms with Gasteiger partial charge in [-0.2, -0.15) is 0 Å². The topological polar surface area (TPSA) is 20.2 Å². The SMILES string of the molecule is C#CC(C)(O)C=Cc1ccccc1. The molecule has 66 valence electrons. The van der Waals surface area contributed by atoms with Crippen LogP contribution in [0.3, 0.4) is 0 Å². The molecule has 1 heteroatoms. The lowest BCUT2D eigenvalue weighted by Gasteiger charge is -2.08. The average molecular weight is 172 g/mol. The highest BCUT2D eigenvalue weighted by Crippen LogP contribution is 2.07. The third-order valence-electron chi connectivity index (χ3n) is 1.69. The van der Waals surface area contributed by atoms with Crippen molar-refractivity contribution in [3.63, 3.8) is 0 Å². The van der Waals surface area contributed by atoms with E-state index in [0.717, 1.165) is 5.56 Å². The summed E-state index contributed by atoms with van der Waals surface area (Å²) in [5.74, 6) is 2.28. The van der Waals surface area contributed by atoms with Crippen LogP contribution in [0.1, 0.15) is 12.5 Å². The summed E-state index contributed by atoms with van der Waals surface area (Å²) in [6, 6.07) is 9.71. The monoisotopic (exact) mass is 172 g/mol. The van der Waals surface area contributed by atoms with Crippen molar-refractivity contribution in [3.8, 4) is 12.3 Å². The molecule has 0 aromatic heterocycles. The van der Waals surface area contributed by atoms with Crippen LogP contribution in [0.2, 0.25) is 0 Å². The fourth-order valence-corrected chi connectivity index (χ4v) is 0.871. The minimum Gasteiger partial charge on any atom is -0.374 e. The van der Waals surface area contributed by atoms with E-state index < -0.39 is 5.60 Å². The number of benzene rings is 1. The Balaban J connectivity index is 2.77. The summed E-state index contributed by atoms with van der Waals surface area (Å²) in [4.78, 5) is 0. The Kier molecular flexibility index (Phi) is 2.89. The van der Waals surface area contributed by atoms with Crippen molar-refractivity contribution in [2.75, 3.05) is 0 Å². The minimum absolute atomic E-state index is 1.03. The van der Waals surface area contributed by atoms with Gasteiger partial charge in [-0.3, -0.25) is 0 Å². The fourth-order valence-electron chi connectivity index (χ4n) is 0.871. The number of rotatable bonds is 2. The van der Waals surface area contributed by atoms with Crippen LogP contribution >= 0.6 is 0 Å². The van der Waals surface area contributed by atoms with Crippen molar-refractivity contribution in [1.82, 2.24) is 0 Å². The molecule has 0 saturated carbocycles. The van der Waals surface area contributed by atoms with Crippen LogP contribution in [-0.2, 0) is 0 Å². The van der Waals surface area contributed by atoms with E-state index >= 15 is 0 Å². The summed E-state index contributed by atoms with van der Waals surface area (Å²) in [7, 11) is 0. The second kappa shape index (κ2) is 3.93. The Hall–Kier alpha value is -1.52. The number of hydrogen-bond donors (Lipinski definition) is 1. The van der Waals surface area contributed by atoms with Gasteiger partial charge in [0.1, 0.15) is 5.60 Å². The summed E-state index contributed by atoms with van der Waals surface area (Å²) < 4.78 is 0. The summed E-state index contributed by atoms with van der Waals surface area (Å²) in [6.07, 6.45) is 8.52. The molecule has 0 amide bonds. The highest BCUT2D eigenvalue weighted by Gasteiger charge is 2.09. The molecule has 1 aromatic carbocycles.